The molecule has 0 spiro atoms. The molecule has 162 valence electrons. The molecule has 0 radical (unpaired) electrons. The van der Waals surface area contributed by atoms with Crippen LogP contribution in [0.5, 0.6) is 11.5 Å². The van der Waals surface area contributed by atoms with Crippen LogP contribution in [0.2, 0.25) is 0 Å². The maximum atomic E-state index is 12.6. The first-order chi connectivity index (χ1) is 15.0. The summed E-state index contributed by atoms with van der Waals surface area (Å²) in [6.45, 7) is 1.76. The Morgan fingerprint density at radius 3 is 2.55 bits per heavy atom. The van der Waals surface area contributed by atoms with Crippen LogP contribution in [0, 0.1) is 0 Å². The molecule has 2 aromatic carbocycles. The Morgan fingerprint density at radius 2 is 1.84 bits per heavy atom. The van der Waals surface area contributed by atoms with Crippen molar-refractivity contribution >= 4 is 35.1 Å². The number of ether oxygens (including phenoxy) is 2. The van der Waals surface area contributed by atoms with E-state index in [9.17, 15) is 9.59 Å². The summed E-state index contributed by atoms with van der Waals surface area (Å²) in [4.78, 5) is 33.0. The Bertz CT molecular complexity index is 1090. The summed E-state index contributed by atoms with van der Waals surface area (Å²) in [6.07, 6.45) is 0. The average Bonchev–Trinajstić information content (AvgIpc) is 2.77. The Morgan fingerprint density at radius 1 is 1.10 bits per heavy atom. The number of nitrogens with one attached hydrogen (secondary N) is 2. The number of anilines is 1. The number of aromatic nitrogens is 2. The standard InChI is InChI=1S/C22H23N3O4S2/c1-14(21(27)23-15-9-10-18(28-2)19(11-15)29-3)31-22-24-16(12-20(26)25-22)13-30-17-7-5-4-6-8-17/h4-12,14H,13H2,1-3H3,(H,23,27)(H,24,25,26). The molecule has 1 heterocycles. The highest BCUT2D eigenvalue weighted by atomic mass is 32.2. The second-order valence-electron chi connectivity index (χ2n) is 6.46. The molecule has 0 bridgehead atoms. The van der Waals surface area contributed by atoms with Crippen LogP contribution >= 0.6 is 23.5 Å². The summed E-state index contributed by atoms with van der Waals surface area (Å²) in [5, 5.41) is 2.77. The van der Waals surface area contributed by atoms with E-state index in [1.165, 1.54) is 24.9 Å². The molecule has 3 rings (SSSR count). The van der Waals surface area contributed by atoms with E-state index in [1.807, 2.05) is 30.3 Å². The minimum Gasteiger partial charge on any atom is -0.493 e. The van der Waals surface area contributed by atoms with Gasteiger partial charge in [-0.2, -0.15) is 0 Å². The molecular formula is C22H23N3O4S2. The summed E-state index contributed by atoms with van der Waals surface area (Å²) >= 11 is 2.79. The van der Waals surface area contributed by atoms with Crippen LogP contribution in [0.4, 0.5) is 5.69 Å². The molecule has 1 aromatic heterocycles. The van der Waals surface area contributed by atoms with Gasteiger partial charge in [-0.25, -0.2) is 4.98 Å². The van der Waals surface area contributed by atoms with Crippen LogP contribution in [0.15, 0.2) is 69.4 Å². The first kappa shape index (κ1) is 22.8. The predicted octanol–water partition coefficient (Wildman–Crippen LogP) is 4.20. The third-order valence-corrected chi connectivity index (χ3v) is 6.24. The maximum Gasteiger partial charge on any atom is 0.251 e. The van der Waals surface area contributed by atoms with Crippen molar-refractivity contribution in [3.8, 4) is 11.5 Å². The van der Waals surface area contributed by atoms with Crippen molar-refractivity contribution in [2.24, 2.45) is 0 Å². The molecule has 9 heteroatoms. The van der Waals surface area contributed by atoms with Gasteiger partial charge in [0.15, 0.2) is 16.7 Å². The summed E-state index contributed by atoms with van der Waals surface area (Å²) in [7, 11) is 3.09. The van der Waals surface area contributed by atoms with Crippen molar-refractivity contribution in [3.63, 3.8) is 0 Å². The number of hydrogen-bond donors (Lipinski definition) is 2. The van der Waals surface area contributed by atoms with Crippen LogP contribution in [0.3, 0.4) is 0 Å². The second-order valence-corrected chi connectivity index (χ2v) is 8.84. The van der Waals surface area contributed by atoms with E-state index in [-0.39, 0.29) is 11.5 Å². The number of nitrogens with zero attached hydrogens (tertiary/aromatic N) is 1. The van der Waals surface area contributed by atoms with Gasteiger partial charge in [-0.15, -0.1) is 11.8 Å². The number of carbonyl (C=O) groups is 1. The minimum atomic E-state index is -0.478. The Kier molecular flexibility index (Phi) is 8.02. The number of rotatable bonds is 9. The molecule has 0 saturated heterocycles. The van der Waals surface area contributed by atoms with Crippen LogP contribution in [0.1, 0.15) is 12.6 Å². The number of carbonyl (C=O) groups excluding carboxylic acids is 1. The molecule has 0 fully saturated rings. The lowest BCUT2D eigenvalue weighted by Crippen LogP contribution is -2.23. The fraction of sp³-hybridized carbons (Fsp3) is 0.227. The number of amides is 1. The SMILES string of the molecule is COc1ccc(NC(=O)C(C)Sc2nc(CSc3ccccc3)cc(=O)[nH]2)cc1OC. The van der Waals surface area contributed by atoms with Gasteiger partial charge in [0.2, 0.25) is 5.91 Å². The maximum absolute atomic E-state index is 12.6. The van der Waals surface area contributed by atoms with E-state index < -0.39 is 5.25 Å². The third-order valence-electron chi connectivity index (χ3n) is 4.21. The molecule has 7 nitrogen and oxygen atoms in total. The smallest absolute Gasteiger partial charge is 0.251 e. The Hall–Kier alpha value is -2.91. The van der Waals surface area contributed by atoms with Crippen LogP contribution < -0.4 is 20.3 Å². The van der Waals surface area contributed by atoms with Crippen molar-refractivity contribution in [1.29, 1.82) is 0 Å². The zero-order valence-electron chi connectivity index (χ0n) is 17.4. The average molecular weight is 458 g/mol. The summed E-state index contributed by atoms with van der Waals surface area (Å²) in [6, 6.07) is 16.5. The summed E-state index contributed by atoms with van der Waals surface area (Å²) in [5.74, 6) is 1.45. The molecule has 1 amide bonds. The highest BCUT2D eigenvalue weighted by Gasteiger charge is 2.17. The minimum absolute atomic E-state index is 0.219. The van der Waals surface area contributed by atoms with Gasteiger partial charge < -0.3 is 19.8 Å². The molecule has 1 atom stereocenters. The van der Waals surface area contributed by atoms with Gasteiger partial charge in [0.1, 0.15) is 0 Å². The van der Waals surface area contributed by atoms with Crippen LogP contribution in [-0.2, 0) is 10.5 Å². The molecule has 2 N–H and O–H groups in total. The molecule has 0 aliphatic carbocycles. The van der Waals surface area contributed by atoms with Crippen LogP contribution in [-0.4, -0.2) is 35.3 Å². The molecule has 0 saturated carbocycles. The summed E-state index contributed by atoms with van der Waals surface area (Å²) in [5.41, 5.74) is 1.01. The van der Waals surface area contributed by atoms with Crippen molar-refractivity contribution in [3.05, 3.63) is 70.6 Å². The lowest BCUT2D eigenvalue weighted by atomic mass is 10.2. The lowest BCUT2D eigenvalue weighted by Gasteiger charge is -2.14. The second kappa shape index (κ2) is 10.9. The molecule has 3 aromatic rings. The van der Waals surface area contributed by atoms with E-state index >= 15 is 0 Å². The zero-order valence-corrected chi connectivity index (χ0v) is 19.0. The zero-order chi connectivity index (χ0) is 22.2. The quantitative estimate of drug-likeness (QED) is 0.367. The molecular weight excluding hydrogens is 434 g/mol. The number of thioether (sulfide) groups is 2. The Labute approximate surface area is 189 Å². The summed E-state index contributed by atoms with van der Waals surface area (Å²) < 4.78 is 10.5. The van der Waals surface area contributed by atoms with Crippen molar-refractivity contribution in [2.75, 3.05) is 19.5 Å². The number of methoxy groups -OCH3 is 2. The van der Waals surface area contributed by atoms with Gasteiger partial charge >= 0.3 is 0 Å². The van der Waals surface area contributed by atoms with E-state index in [4.69, 9.17) is 9.47 Å². The van der Waals surface area contributed by atoms with Gasteiger partial charge in [-0.1, -0.05) is 30.0 Å². The van der Waals surface area contributed by atoms with Gasteiger partial charge in [0, 0.05) is 28.5 Å². The van der Waals surface area contributed by atoms with Crippen molar-refractivity contribution in [1.82, 2.24) is 9.97 Å². The highest BCUT2D eigenvalue weighted by Crippen LogP contribution is 2.30. The first-order valence-electron chi connectivity index (χ1n) is 9.46. The fourth-order valence-corrected chi connectivity index (χ4v) is 4.31. The number of benzene rings is 2. The molecule has 31 heavy (non-hydrogen) atoms. The van der Waals surface area contributed by atoms with E-state index in [2.05, 4.69) is 15.3 Å². The number of H-pyrrole nitrogens is 1. The third kappa shape index (κ3) is 6.53. The number of hydrogen-bond acceptors (Lipinski definition) is 7. The topological polar surface area (TPSA) is 93.3 Å². The van der Waals surface area contributed by atoms with Gasteiger partial charge in [0.25, 0.3) is 5.56 Å². The van der Waals surface area contributed by atoms with Gasteiger partial charge in [-0.3, -0.25) is 9.59 Å². The van der Waals surface area contributed by atoms with E-state index in [0.29, 0.717) is 33.8 Å². The molecule has 1 unspecified atom stereocenters. The molecule has 0 aliphatic heterocycles. The predicted molar refractivity (Wildman–Crippen MR) is 124 cm³/mol. The lowest BCUT2D eigenvalue weighted by molar-refractivity contribution is -0.115. The van der Waals surface area contributed by atoms with Crippen molar-refractivity contribution in [2.45, 2.75) is 28.0 Å². The Balaban J connectivity index is 1.64. The van der Waals surface area contributed by atoms with Gasteiger partial charge in [-0.05, 0) is 31.2 Å². The van der Waals surface area contributed by atoms with Crippen molar-refractivity contribution < 1.29 is 14.3 Å². The monoisotopic (exact) mass is 457 g/mol. The molecule has 0 aliphatic rings. The first-order valence-corrected chi connectivity index (χ1v) is 11.3. The van der Waals surface area contributed by atoms with Crippen LogP contribution in [0.25, 0.3) is 0 Å². The normalized spacial score (nSPS) is 11.6. The van der Waals surface area contributed by atoms with E-state index in [1.54, 1.807) is 44.0 Å². The van der Waals surface area contributed by atoms with E-state index in [0.717, 1.165) is 4.90 Å². The number of aromatic amines is 1. The largest absolute Gasteiger partial charge is 0.493 e. The highest BCUT2D eigenvalue weighted by molar-refractivity contribution is 8.00. The fourth-order valence-electron chi connectivity index (χ4n) is 2.67. The van der Waals surface area contributed by atoms with Gasteiger partial charge in [0.05, 0.1) is 25.2 Å².